The van der Waals surface area contributed by atoms with Crippen LogP contribution in [0.5, 0.6) is 0 Å². The molecule has 0 aromatic heterocycles. The quantitative estimate of drug-likeness (QED) is 0.278. The molecule has 0 spiro atoms. The molecule has 0 amide bonds. The zero-order valence-corrected chi connectivity index (χ0v) is 12.4. The summed E-state index contributed by atoms with van der Waals surface area (Å²) in [6.45, 7) is 7.07. The minimum absolute atomic E-state index is 0.0580. The molecular weight excluding hydrogens is 271 g/mol. The number of hydrogen-bond donors (Lipinski definition) is 2. The van der Waals surface area contributed by atoms with Gasteiger partial charge in [0, 0.05) is 12.0 Å². The van der Waals surface area contributed by atoms with Crippen molar-refractivity contribution in [2.45, 2.75) is 52.1 Å². The van der Waals surface area contributed by atoms with Crippen LogP contribution in [0.15, 0.2) is 12.2 Å². The van der Waals surface area contributed by atoms with E-state index in [0.717, 1.165) is 19.3 Å². The molecule has 1 atom stereocenters. The van der Waals surface area contributed by atoms with Crippen LogP contribution in [-0.2, 0) is 18.6 Å². The Morgan fingerprint density at radius 2 is 1.95 bits per heavy atom. The van der Waals surface area contributed by atoms with Gasteiger partial charge in [-0.2, -0.15) is 0 Å². The Balaban J connectivity index is 4.14. The maximum atomic E-state index is 11.2. The average molecular weight is 294 g/mol. The van der Waals surface area contributed by atoms with E-state index in [4.69, 9.17) is 14.5 Å². The van der Waals surface area contributed by atoms with Crippen molar-refractivity contribution >= 4 is 13.8 Å². The molecule has 0 fully saturated rings. The van der Waals surface area contributed by atoms with Gasteiger partial charge in [-0.05, 0) is 13.3 Å². The van der Waals surface area contributed by atoms with Crippen LogP contribution >= 0.6 is 7.82 Å². The predicted molar refractivity (Wildman–Crippen MR) is 71.4 cm³/mol. The van der Waals surface area contributed by atoms with E-state index in [1.807, 2.05) is 6.92 Å². The first-order valence-corrected chi connectivity index (χ1v) is 7.86. The van der Waals surface area contributed by atoms with Crippen molar-refractivity contribution in [2.75, 3.05) is 6.61 Å². The Bertz CT molecular complexity index is 335. The number of phosphoric acid groups is 1. The molecule has 0 bridgehead atoms. The van der Waals surface area contributed by atoms with Crippen LogP contribution in [0.3, 0.4) is 0 Å². The molecule has 0 aromatic carbocycles. The molecule has 2 N–H and O–H groups in total. The van der Waals surface area contributed by atoms with Gasteiger partial charge in [0.1, 0.15) is 0 Å². The molecule has 0 radical (unpaired) electrons. The summed E-state index contributed by atoms with van der Waals surface area (Å²) in [5.74, 6) is -0.511. The van der Waals surface area contributed by atoms with E-state index in [1.54, 1.807) is 0 Å². The summed E-state index contributed by atoms with van der Waals surface area (Å²) >= 11 is 0. The van der Waals surface area contributed by atoms with Crippen molar-refractivity contribution in [1.82, 2.24) is 0 Å². The molecule has 0 aromatic rings. The summed E-state index contributed by atoms with van der Waals surface area (Å²) in [5, 5.41) is 0. The third-order valence-electron chi connectivity index (χ3n) is 2.44. The molecule has 112 valence electrons. The summed E-state index contributed by atoms with van der Waals surface area (Å²) in [6, 6.07) is 0. The van der Waals surface area contributed by atoms with E-state index in [1.165, 1.54) is 6.92 Å². The second-order valence-corrected chi connectivity index (χ2v) is 5.61. The van der Waals surface area contributed by atoms with Crippen molar-refractivity contribution in [3.8, 4) is 0 Å². The van der Waals surface area contributed by atoms with Gasteiger partial charge >= 0.3 is 13.8 Å². The minimum atomic E-state index is -4.51. The summed E-state index contributed by atoms with van der Waals surface area (Å²) in [4.78, 5) is 28.8. The highest BCUT2D eigenvalue weighted by Crippen LogP contribution is 2.39. The van der Waals surface area contributed by atoms with Gasteiger partial charge in [0.25, 0.3) is 0 Å². The second-order valence-electron chi connectivity index (χ2n) is 4.42. The largest absolute Gasteiger partial charge is 0.469 e. The van der Waals surface area contributed by atoms with Gasteiger partial charge in [-0.1, -0.05) is 32.8 Å². The topological polar surface area (TPSA) is 93.1 Å². The fourth-order valence-electron chi connectivity index (χ4n) is 1.47. The smallest absolute Gasteiger partial charge is 0.462 e. The van der Waals surface area contributed by atoms with Gasteiger partial charge in [0.05, 0.1) is 12.7 Å². The average Bonchev–Trinajstić information content (AvgIpc) is 2.26. The van der Waals surface area contributed by atoms with Crippen molar-refractivity contribution < 1.29 is 28.4 Å². The van der Waals surface area contributed by atoms with E-state index in [2.05, 4.69) is 11.1 Å². The van der Waals surface area contributed by atoms with Gasteiger partial charge < -0.3 is 14.5 Å². The number of ether oxygens (including phenoxy) is 1. The molecule has 0 heterocycles. The first kappa shape index (κ1) is 18.3. The van der Waals surface area contributed by atoms with Crippen LogP contribution in [0.1, 0.15) is 46.0 Å². The number of carbonyl (C=O) groups excluding carboxylic acids is 1. The molecule has 0 aliphatic carbocycles. The minimum Gasteiger partial charge on any atom is -0.462 e. The molecule has 0 aliphatic rings. The van der Waals surface area contributed by atoms with Gasteiger partial charge in [0.15, 0.2) is 0 Å². The predicted octanol–water partition coefficient (Wildman–Crippen LogP) is 2.55. The number of rotatable bonds is 10. The Hall–Kier alpha value is -0.680. The van der Waals surface area contributed by atoms with Gasteiger partial charge in [0.2, 0.25) is 0 Å². The first-order chi connectivity index (χ1) is 8.76. The standard InChI is InChI=1S/C12H23O6P/c1-4-5-6-7-11(18-19(14,15)16)8-9-17-12(13)10(2)3/h11H,2,4-9H2,1,3H3,(H2,14,15,16). The van der Waals surface area contributed by atoms with Crippen molar-refractivity contribution in [3.05, 3.63) is 12.2 Å². The SMILES string of the molecule is C=C(C)C(=O)OCCC(CCCCC)OP(=O)(O)O. The van der Waals surface area contributed by atoms with Gasteiger partial charge in [-0.25, -0.2) is 9.36 Å². The number of phosphoric ester groups is 1. The normalized spacial score (nSPS) is 13.1. The monoisotopic (exact) mass is 294 g/mol. The third kappa shape index (κ3) is 10.9. The van der Waals surface area contributed by atoms with E-state index >= 15 is 0 Å². The zero-order chi connectivity index (χ0) is 14.9. The van der Waals surface area contributed by atoms with Crippen LogP contribution in [-0.4, -0.2) is 28.5 Å². The van der Waals surface area contributed by atoms with E-state index in [0.29, 0.717) is 12.0 Å². The Kier molecular flexibility index (Phi) is 8.93. The molecular formula is C12H23O6P. The van der Waals surface area contributed by atoms with Crippen molar-refractivity contribution in [2.24, 2.45) is 0 Å². The fraction of sp³-hybridized carbons (Fsp3) is 0.750. The number of carbonyl (C=O) groups is 1. The Morgan fingerprint density at radius 1 is 1.32 bits per heavy atom. The molecule has 7 heteroatoms. The lowest BCUT2D eigenvalue weighted by Gasteiger charge is -2.18. The van der Waals surface area contributed by atoms with E-state index in [-0.39, 0.29) is 13.0 Å². The van der Waals surface area contributed by atoms with Crippen LogP contribution in [0.2, 0.25) is 0 Å². The molecule has 6 nitrogen and oxygen atoms in total. The Labute approximate surface area is 114 Å². The zero-order valence-electron chi connectivity index (χ0n) is 11.5. The first-order valence-electron chi connectivity index (χ1n) is 6.32. The van der Waals surface area contributed by atoms with Crippen LogP contribution < -0.4 is 0 Å². The molecule has 0 aliphatic heterocycles. The molecule has 19 heavy (non-hydrogen) atoms. The maximum Gasteiger partial charge on any atom is 0.469 e. The number of hydrogen-bond acceptors (Lipinski definition) is 4. The molecule has 0 rings (SSSR count). The molecule has 0 saturated carbocycles. The lowest BCUT2D eigenvalue weighted by atomic mass is 10.1. The fourth-order valence-corrected chi connectivity index (χ4v) is 2.07. The lowest BCUT2D eigenvalue weighted by molar-refractivity contribution is -0.139. The maximum absolute atomic E-state index is 11.2. The highest BCUT2D eigenvalue weighted by molar-refractivity contribution is 7.46. The van der Waals surface area contributed by atoms with E-state index in [9.17, 15) is 9.36 Å². The second kappa shape index (κ2) is 9.26. The third-order valence-corrected chi connectivity index (χ3v) is 3.01. The highest BCUT2D eigenvalue weighted by Gasteiger charge is 2.22. The van der Waals surface area contributed by atoms with Crippen LogP contribution in [0, 0.1) is 0 Å². The van der Waals surface area contributed by atoms with Crippen molar-refractivity contribution in [1.29, 1.82) is 0 Å². The molecule has 0 saturated heterocycles. The summed E-state index contributed by atoms with van der Waals surface area (Å²) in [6.07, 6.45) is 2.97. The summed E-state index contributed by atoms with van der Waals surface area (Å²) in [7, 11) is -4.51. The Morgan fingerprint density at radius 3 is 2.42 bits per heavy atom. The van der Waals surface area contributed by atoms with Gasteiger partial charge in [-0.15, -0.1) is 0 Å². The van der Waals surface area contributed by atoms with E-state index < -0.39 is 19.9 Å². The van der Waals surface area contributed by atoms with Crippen molar-refractivity contribution in [3.63, 3.8) is 0 Å². The molecule has 1 unspecified atom stereocenters. The lowest BCUT2D eigenvalue weighted by Crippen LogP contribution is -2.16. The number of unbranched alkanes of at least 4 members (excludes halogenated alkanes) is 2. The van der Waals surface area contributed by atoms with Crippen LogP contribution in [0.4, 0.5) is 0 Å². The summed E-state index contributed by atoms with van der Waals surface area (Å²) < 4.78 is 20.4. The van der Waals surface area contributed by atoms with Gasteiger partial charge in [-0.3, -0.25) is 4.52 Å². The highest BCUT2D eigenvalue weighted by atomic mass is 31.2. The number of esters is 1. The van der Waals surface area contributed by atoms with Crippen LogP contribution in [0.25, 0.3) is 0 Å². The summed E-state index contributed by atoms with van der Waals surface area (Å²) in [5.41, 5.74) is 0.290.